The molecule has 0 atom stereocenters. The van der Waals surface area contributed by atoms with Gasteiger partial charge in [0.15, 0.2) is 0 Å². The van der Waals surface area contributed by atoms with Crippen LogP contribution in [0.1, 0.15) is 42.0 Å². The summed E-state index contributed by atoms with van der Waals surface area (Å²) in [5.41, 5.74) is 7.81. The van der Waals surface area contributed by atoms with Crippen molar-refractivity contribution in [1.29, 1.82) is 0 Å². The summed E-state index contributed by atoms with van der Waals surface area (Å²) in [6.07, 6.45) is 0. The van der Waals surface area contributed by atoms with Gasteiger partial charge in [-0.15, -0.1) is 0 Å². The molecule has 4 rings (SSSR count). The van der Waals surface area contributed by atoms with Gasteiger partial charge in [0.05, 0.1) is 11.0 Å². The first kappa shape index (κ1) is 19.2. The molecule has 0 fully saturated rings. The Morgan fingerprint density at radius 3 is 2.17 bits per heavy atom. The molecular formula is C27H27NO. The van der Waals surface area contributed by atoms with Crippen LogP contribution < -0.4 is 5.36 Å². The van der Waals surface area contributed by atoms with Gasteiger partial charge in [-0.1, -0.05) is 61.9 Å². The maximum absolute atomic E-state index is 6.28. The van der Waals surface area contributed by atoms with E-state index in [1.165, 1.54) is 22.3 Å². The van der Waals surface area contributed by atoms with E-state index in [2.05, 4.69) is 95.3 Å². The Labute approximate surface area is 172 Å². The number of rotatable bonds is 3. The molecule has 0 N–H and O–H groups in total. The lowest BCUT2D eigenvalue weighted by Gasteiger charge is -2.09. The van der Waals surface area contributed by atoms with Crippen LogP contribution in [0.3, 0.4) is 0 Å². The number of hydrogen-bond donors (Lipinski definition) is 0. The zero-order valence-electron chi connectivity index (χ0n) is 17.8. The van der Waals surface area contributed by atoms with Gasteiger partial charge in [0.2, 0.25) is 0 Å². The van der Waals surface area contributed by atoms with E-state index in [9.17, 15) is 0 Å². The first-order chi connectivity index (χ1) is 13.9. The summed E-state index contributed by atoms with van der Waals surface area (Å²) in [4.78, 5) is 5.04. The van der Waals surface area contributed by atoms with Crippen LogP contribution in [0.4, 0.5) is 5.69 Å². The lowest BCUT2D eigenvalue weighted by molar-refractivity contribution is 0.618. The van der Waals surface area contributed by atoms with E-state index in [-0.39, 0.29) is 0 Å². The highest BCUT2D eigenvalue weighted by Crippen LogP contribution is 2.26. The van der Waals surface area contributed by atoms with E-state index in [1.807, 2.05) is 6.07 Å². The smallest absolute Gasteiger partial charge is 0.136 e. The van der Waals surface area contributed by atoms with Crippen molar-refractivity contribution in [1.82, 2.24) is 0 Å². The van der Waals surface area contributed by atoms with Crippen LogP contribution in [0.15, 0.2) is 76.1 Å². The van der Waals surface area contributed by atoms with Crippen LogP contribution in [0, 0.1) is 20.8 Å². The molecule has 29 heavy (non-hydrogen) atoms. The number of nitrogens with zero attached hydrogens (tertiary/aromatic N) is 1. The molecule has 0 aliphatic heterocycles. The average molecular weight is 382 g/mol. The van der Waals surface area contributed by atoms with Crippen molar-refractivity contribution in [3.63, 3.8) is 0 Å². The summed E-state index contributed by atoms with van der Waals surface area (Å²) >= 11 is 0. The summed E-state index contributed by atoms with van der Waals surface area (Å²) in [6, 6.07) is 23.3. The molecule has 0 unspecified atom stereocenters. The minimum Gasteiger partial charge on any atom is -0.456 e. The molecule has 0 aliphatic rings. The second-order valence-corrected chi connectivity index (χ2v) is 8.17. The summed E-state index contributed by atoms with van der Waals surface area (Å²) in [5, 5.41) is 1.97. The van der Waals surface area contributed by atoms with Gasteiger partial charge in [-0.25, -0.2) is 4.99 Å². The zero-order valence-corrected chi connectivity index (χ0v) is 17.8. The molecule has 1 aromatic heterocycles. The summed E-state index contributed by atoms with van der Waals surface area (Å²) < 4.78 is 6.28. The molecule has 0 aliphatic carbocycles. The van der Waals surface area contributed by atoms with Gasteiger partial charge in [-0.2, -0.15) is 0 Å². The van der Waals surface area contributed by atoms with Crippen molar-refractivity contribution >= 4 is 16.7 Å². The van der Waals surface area contributed by atoms with Crippen LogP contribution in [-0.2, 0) is 0 Å². The maximum Gasteiger partial charge on any atom is 0.136 e. The Morgan fingerprint density at radius 1 is 0.759 bits per heavy atom. The molecule has 2 nitrogen and oxygen atoms in total. The van der Waals surface area contributed by atoms with Gasteiger partial charge >= 0.3 is 0 Å². The maximum atomic E-state index is 6.28. The van der Waals surface area contributed by atoms with Crippen molar-refractivity contribution in [2.45, 2.75) is 40.5 Å². The molecule has 1 heterocycles. The molecule has 0 saturated carbocycles. The highest BCUT2D eigenvalue weighted by atomic mass is 16.3. The van der Waals surface area contributed by atoms with Gasteiger partial charge in [0.25, 0.3) is 0 Å². The second kappa shape index (κ2) is 7.71. The van der Waals surface area contributed by atoms with Crippen LogP contribution in [0.2, 0.25) is 0 Å². The Hall–Kier alpha value is -3.13. The van der Waals surface area contributed by atoms with Crippen LogP contribution in [-0.4, -0.2) is 0 Å². The number of aryl methyl sites for hydroxylation is 3. The molecule has 4 aromatic rings. The quantitative estimate of drug-likeness (QED) is 0.363. The van der Waals surface area contributed by atoms with Crippen molar-refractivity contribution < 1.29 is 4.42 Å². The molecule has 3 aromatic carbocycles. The monoisotopic (exact) mass is 381 g/mol. The Kier molecular flexibility index (Phi) is 5.10. The predicted octanol–water partition coefficient (Wildman–Crippen LogP) is 7.38. The van der Waals surface area contributed by atoms with E-state index in [1.54, 1.807) is 0 Å². The van der Waals surface area contributed by atoms with E-state index in [0.29, 0.717) is 5.92 Å². The fraction of sp³-hybridized carbons (Fsp3) is 0.222. The van der Waals surface area contributed by atoms with Crippen molar-refractivity contribution in [3.8, 4) is 11.3 Å². The Morgan fingerprint density at radius 2 is 1.45 bits per heavy atom. The van der Waals surface area contributed by atoms with Gasteiger partial charge in [0.1, 0.15) is 11.3 Å². The molecule has 0 amide bonds. The molecule has 146 valence electrons. The number of fused-ring (bicyclic) bond motifs is 1. The first-order valence-corrected chi connectivity index (χ1v) is 10.2. The average Bonchev–Trinajstić information content (AvgIpc) is 2.71. The number of benzene rings is 3. The fourth-order valence-electron chi connectivity index (χ4n) is 3.52. The topological polar surface area (TPSA) is 25.5 Å². The molecule has 0 radical (unpaired) electrons. The highest BCUT2D eigenvalue weighted by molar-refractivity contribution is 5.79. The normalized spacial score (nSPS) is 12.1. The minimum atomic E-state index is 0.510. The second-order valence-electron chi connectivity index (χ2n) is 8.17. The van der Waals surface area contributed by atoms with Gasteiger partial charge < -0.3 is 4.42 Å². The first-order valence-electron chi connectivity index (χ1n) is 10.2. The standard InChI is InChI=1S/C27H27NO/c1-17(2)21-9-11-22(12-10-21)27-16-25(23-14-18(3)7-13-26(23)29-27)28-24-15-19(4)6-8-20(24)5/h6-17H,1-5H3. The van der Waals surface area contributed by atoms with E-state index < -0.39 is 0 Å². The lowest BCUT2D eigenvalue weighted by atomic mass is 10.0. The summed E-state index contributed by atoms with van der Waals surface area (Å²) in [5.74, 6) is 1.34. The van der Waals surface area contributed by atoms with Crippen molar-refractivity contribution in [2.75, 3.05) is 0 Å². The molecular weight excluding hydrogens is 354 g/mol. The molecule has 0 saturated heterocycles. The zero-order chi connectivity index (χ0) is 20.5. The largest absolute Gasteiger partial charge is 0.456 e. The van der Waals surface area contributed by atoms with Crippen LogP contribution >= 0.6 is 0 Å². The van der Waals surface area contributed by atoms with Crippen molar-refractivity contribution in [2.24, 2.45) is 4.99 Å². The summed E-state index contributed by atoms with van der Waals surface area (Å²) in [6.45, 7) is 10.7. The third kappa shape index (κ3) is 4.02. The van der Waals surface area contributed by atoms with E-state index in [4.69, 9.17) is 9.41 Å². The van der Waals surface area contributed by atoms with Gasteiger partial charge in [-0.3, -0.25) is 0 Å². The van der Waals surface area contributed by atoms with Crippen LogP contribution in [0.25, 0.3) is 22.3 Å². The predicted molar refractivity (Wildman–Crippen MR) is 122 cm³/mol. The lowest BCUT2D eigenvalue weighted by Crippen LogP contribution is -2.04. The number of hydrogen-bond acceptors (Lipinski definition) is 2. The molecule has 2 heteroatoms. The van der Waals surface area contributed by atoms with E-state index in [0.717, 1.165) is 33.3 Å². The highest BCUT2D eigenvalue weighted by Gasteiger charge is 2.08. The fourth-order valence-corrected chi connectivity index (χ4v) is 3.52. The van der Waals surface area contributed by atoms with E-state index >= 15 is 0 Å². The van der Waals surface area contributed by atoms with Gasteiger partial charge in [0, 0.05) is 17.0 Å². The molecule has 0 spiro atoms. The molecule has 0 bridgehead atoms. The third-order valence-corrected chi connectivity index (χ3v) is 5.37. The third-order valence-electron chi connectivity index (χ3n) is 5.37. The Bertz CT molecular complexity index is 1240. The van der Waals surface area contributed by atoms with Crippen LogP contribution in [0.5, 0.6) is 0 Å². The van der Waals surface area contributed by atoms with Crippen molar-refractivity contribution in [3.05, 3.63) is 94.3 Å². The van der Waals surface area contributed by atoms with Gasteiger partial charge in [-0.05, 0) is 61.6 Å². The minimum absolute atomic E-state index is 0.510. The summed E-state index contributed by atoms with van der Waals surface area (Å²) in [7, 11) is 0. The Balaban J connectivity index is 1.96. The SMILES string of the molecule is Cc1ccc(C)c(N=c2cc(-c3ccc(C(C)C)cc3)oc3ccc(C)cc23)c1.